The van der Waals surface area contributed by atoms with Crippen molar-refractivity contribution in [2.24, 2.45) is 14.7 Å². The summed E-state index contributed by atoms with van der Waals surface area (Å²) in [5, 5.41) is 15.7. The Morgan fingerprint density at radius 3 is 1.92 bits per heavy atom. The number of aromatic hydroxyl groups is 1. The highest BCUT2D eigenvalue weighted by Crippen LogP contribution is 2.22. The normalized spacial score (nSPS) is 13.8. The molecule has 0 radical (unpaired) electrons. The zero-order valence-electron chi connectivity index (χ0n) is 24.0. The molecule has 1 atom stereocenters. The maximum Gasteiger partial charge on any atom is 0.269 e. The van der Waals surface area contributed by atoms with Gasteiger partial charge in [-0.2, -0.15) is 0 Å². The number of benzene rings is 1. The molecule has 3 rings (SSSR count). The van der Waals surface area contributed by atoms with Gasteiger partial charge in [0.25, 0.3) is 11.2 Å². The summed E-state index contributed by atoms with van der Waals surface area (Å²) in [4.78, 5) is 0. The second-order valence-corrected chi connectivity index (χ2v) is 10.9. The van der Waals surface area contributed by atoms with E-state index in [0.29, 0.717) is 23.9 Å². The molecule has 0 saturated carbocycles. The lowest BCUT2D eigenvalue weighted by Crippen LogP contribution is -2.33. The van der Waals surface area contributed by atoms with Crippen molar-refractivity contribution in [3.63, 3.8) is 0 Å². The molecule has 0 bridgehead atoms. The van der Waals surface area contributed by atoms with Crippen LogP contribution in [0.25, 0.3) is 0 Å². The lowest BCUT2D eigenvalue weighted by molar-refractivity contribution is 0.477. The third-order valence-electron chi connectivity index (χ3n) is 3.61. The molecule has 1 aromatic carbocycles. The fraction of sp³-hybridized carbons (Fsp3) is 0.520. The Morgan fingerprint density at radius 2 is 1.49 bits per heavy atom. The first-order valence-electron chi connectivity index (χ1n) is 12.1. The first-order valence-corrected chi connectivity index (χ1v) is 15.0. The van der Waals surface area contributed by atoms with Crippen molar-refractivity contribution in [1.82, 2.24) is 9.62 Å². The first kappa shape index (κ1) is 36.5. The molecule has 0 aliphatic carbocycles. The standard InChI is InChI=1S/C14H14N4O3S.C4H10.C3H9NO2S.2C2H6/c1-9-6-7-10(21-9)8-15-13-14(18-22(20)17-13)16-11-4-2-3-5-12(11)19;1-4(2)3;1-4(2)7(3,5)6;2*1-2/h2-7,19H,8H2,1H3,(H,15,17)(H,16,18);4H,1-3H3;1-3H3;2*1-2H3. The summed E-state index contributed by atoms with van der Waals surface area (Å²) >= 11 is -1.68. The smallest absolute Gasteiger partial charge is 0.269 e. The van der Waals surface area contributed by atoms with E-state index in [-0.39, 0.29) is 5.75 Å². The van der Waals surface area contributed by atoms with E-state index in [1.165, 1.54) is 14.1 Å². The van der Waals surface area contributed by atoms with E-state index >= 15 is 0 Å². The third kappa shape index (κ3) is 16.6. The average molecular weight is 560 g/mol. The van der Waals surface area contributed by atoms with Crippen LogP contribution in [0.5, 0.6) is 5.75 Å². The lowest BCUT2D eigenvalue weighted by Gasteiger charge is -2.10. The predicted octanol–water partition coefficient (Wildman–Crippen LogP) is 5.11. The van der Waals surface area contributed by atoms with E-state index < -0.39 is 21.2 Å². The second kappa shape index (κ2) is 19.4. The third-order valence-corrected chi connectivity index (χ3v) is 5.61. The van der Waals surface area contributed by atoms with E-state index in [1.807, 2.05) is 46.8 Å². The van der Waals surface area contributed by atoms with Crippen LogP contribution in [-0.4, -0.2) is 54.1 Å². The first-order chi connectivity index (χ1) is 17.3. The Bertz CT molecular complexity index is 1090. The molecule has 0 fully saturated rings. The Morgan fingerprint density at radius 1 is 1.00 bits per heavy atom. The van der Waals surface area contributed by atoms with Gasteiger partial charge in [0.15, 0.2) is 11.7 Å². The molecule has 2 aromatic rings. The summed E-state index contributed by atoms with van der Waals surface area (Å²) in [5.74, 6) is 3.12. The number of para-hydroxylation sites is 2. The summed E-state index contributed by atoms with van der Waals surface area (Å²) in [6, 6.07) is 10.4. The molecular weight excluding hydrogens is 514 g/mol. The molecule has 1 aliphatic rings. The number of phenols is 1. The van der Waals surface area contributed by atoms with Crippen molar-refractivity contribution in [3.05, 3.63) is 47.9 Å². The van der Waals surface area contributed by atoms with Crippen molar-refractivity contribution < 1.29 is 22.2 Å². The van der Waals surface area contributed by atoms with E-state index in [4.69, 9.17) is 4.42 Å². The van der Waals surface area contributed by atoms with Gasteiger partial charge in [-0.1, -0.05) is 60.6 Å². The maximum atomic E-state index is 11.5. The molecule has 1 aromatic heterocycles. The van der Waals surface area contributed by atoms with Crippen molar-refractivity contribution in [2.75, 3.05) is 25.7 Å². The fourth-order valence-electron chi connectivity index (χ4n) is 1.92. The van der Waals surface area contributed by atoms with Gasteiger partial charge in [0.1, 0.15) is 17.3 Å². The number of furan rings is 1. The Balaban J connectivity index is 0. The molecule has 0 spiro atoms. The average Bonchev–Trinajstić information content (AvgIpc) is 3.40. The summed E-state index contributed by atoms with van der Waals surface area (Å²) in [6.07, 6.45) is 1.16. The minimum Gasteiger partial charge on any atom is -0.506 e. The van der Waals surface area contributed by atoms with Gasteiger partial charge in [-0.25, -0.2) is 16.9 Å². The molecule has 0 amide bonds. The highest BCUT2D eigenvalue weighted by molar-refractivity contribution is 7.88. The van der Waals surface area contributed by atoms with Gasteiger partial charge in [0.05, 0.1) is 18.5 Å². The topological polar surface area (TPSA) is 137 Å². The monoisotopic (exact) mass is 559 g/mol. The Labute approximate surface area is 226 Å². The van der Waals surface area contributed by atoms with E-state index in [1.54, 1.807) is 24.3 Å². The molecule has 212 valence electrons. The molecule has 37 heavy (non-hydrogen) atoms. The van der Waals surface area contributed by atoms with Crippen molar-refractivity contribution in [1.29, 1.82) is 0 Å². The number of aryl methyl sites for hydroxylation is 1. The van der Waals surface area contributed by atoms with Gasteiger partial charge in [0.2, 0.25) is 10.0 Å². The molecule has 3 N–H and O–H groups in total. The number of sulfonamides is 1. The SMILES string of the molecule is CC.CC.CC(C)C.CN(C)S(C)(=O)=O.Cc1ccc(CNC2=NS(=O)N=C2Nc2ccccc2O)o1. The summed E-state index contributed by atoms with van der Waals surface area (Å²) in [6.45, 7) is 16.8. The molecular formula is C25H45N5O5S2. The van der Waals surface area contributed by atoms with Crippen LogP contribution in [0.3, 0.4) is 0 Å². The van der Waals surface area contributed by atoms with Gasteiger partial charge >= 0.3 is 0 Å². The number of rotatable bonds is 4. The van der Waals surface area contributed by atoms with Crippen LogP contribution in [0.15, 0.2) is 49.6 Å². The number of anilines is 1. The van der Waals surface area contributed by atoms with Gasteiger partial charge in [-0.3, -0.25) is 0 Å². The van der Waals surface area contributed by atoms with Crippen LogP contribution in [-0.2, 0) is 27.7 Å². The van der Waals surface area contributed by atoms with Crippen LogP contribution < -0.4 is 10.6 Å². The maximum absolute atomic E-state index is 11.5. The van der Waals surface area contributed by atoms with Crippen molar-refractivity contribution in [2.45, 2.75) is 61.9 Å². The summed E-state index contributed by atoms with van der Waals surface area (Å²) in [7, 11) is 0.0833. The van der Waals surface area contributed by atoms with Crippen molar-refractivity contribution in [3.8, 4) is 5.75 Å². The van der Waals surface area contributed by atoms with Crippen LogP contribution >= 0.6 is 0 Å². The second-order valence-electron chi connectivity index (χ2n) is 7.90. The van der Waals surface area contributed by atoms with Crippen LogP contribution in [0.2, 0.25) is 0 Å². The lowest BCUT2D eigenvalue weighted by atomic mass is 10.3. The van der Waals surface area contributed by atoms with Crippen LogP contribution in [0, 0.1) is 12.8 Å². The van der Waals surface area contributed by atoms with Crippen LogP contribution in [0.1, 0.15) is 60.0 Å². The van der Waals surface area contributed by atoms with E-state index in [9.17, 15) is 17.7 Å². The van der Waals surface area contributed by atoms with Gasteiger partial charge in [-0.05, 0) is 37.1 Å². The zero-order valence-corrected chi connectivity index (χ0v) is 25.6. The molecule has 1 unspecified atom stereocenters. The Kier molecular flexibility index (Phi) is 19.1. The molecule has 10 nitrogen and oxygen atoms in total. The minimum absolute atomic E-state index is 0.0730. The van der Waals surface area contributed by atoms with E-state index in [0.717, 1.165) is 28.0 Å². The molecule has 1 aliphatic heterocycles. The highest BCUT2D eigenvalue weighted by Gasteiger charge is 2.20. The Hall–Kier alpha value is -2.70. The zero-order chi connectivity index (χ0) is 29.2. The molecule has 2 heterocycles. The van der Waals surface area contributed by atoms with E-state index in [2.05, 4.69) is 40.2 Å². The quantitative estimate of drug-likeness (QED) is 0.443. The number of amidine groups is 2. The summed E-state index contributed by atoms with van der Waals surface area (Å²) < 4.78 is 46.4. The molecule has 0 saturated heterocycles. The van der Waals surface area contributed by atoms with Crippen LogP contribution in [0.4, 0.5) is 5.69 Å². The molecule has 12 heteroatoms. The van der Waals surface area contributed by atoms with Gasteiger partial charge in [0, 0.05) is 14.1 Å². The van der Waals surface area contributed by atoms with Gasteiger partial charge < -0.3 is 20.2 Å². The largest absolute Gasteiger partial charge is 0.506 e. The van der Waals surface area contributed by atoms with Gasteiger partial charge in [-0.15, -0.1) is 8.80 Å². The van der Waals surface area contributed by atoms with Crippen molar-refractivity contribution >= 4 is 38.6 Å². The number of nitrogens with zero attached hydrogens (tertiary/aromatic N) is 3. The number of nitrogens with one attached hydrogen (secondary N) is 2. The highest BCUT2D eigenvalue weighted by atomic mass is 32.2. The predicted molar refractivity (Wildman–Crippen MR) is 157 cm³/mol. The number of hydrogen-bond acceptors (Lipinski definition) is 7. The number of hydrogen-bond donors (Lipinski definition) is 3. The fourth-order valence-corrected chi connectivity index (χ4v) is 2.56. The number of phenolic OH excluding ortho intramolecular Hbond substituents is 1. The minimum atomic E-state index is -2.91. The summed E-state index contributed by atoms with van der Waals surface area (Å²) in [5.41, 5.74) is 0.462.